The molecule has 3 aromatic carbocycles. The van der Waals surface area contributed by atoms with Crippen LogP contribution in [0.4, 0.5) is 15.2 Å². The summed E-state index contributed by atoms with van der Waals surface area (Å²) in [4.78, 5) is 4.61. The third kappa shape index (κ3) is 3.59. The summed E-state index contributed by atoms with van der Waals surface area (Å²) in [6.07, 6.45) is 0. The number of rotatable bonds is 4. The van der Waals surface area contributed by atoms with E-state index in [0.29, 0.717) is 0 Å². The topological polar surface area (TPSA) is 24.9 Å². The molecule has 25 heavy (non-hydrogen) atoms. The molecule has 122 valence electrons. The van der Waals surface area contributed by atoms with Crippen LogP contribution in [0.2, 0.25) is 0 Å². The molecule has 0 atom stereocenters. The van der Waals surface area contributed by atoms with E-state index in [4.69, 9.17) is 0 Å². The standard InChI is InChI=1S/C21H15FN2S/c22-18-10-12-19(13-11-18)23-21-24-20(14-25-21)17-8-6-16(7-9-17)15-4-2-1-3-5-15/h1-14H,(H,23,24). The first kappa shape index (κ1) is 15.5. The highest BCUT2D eigenvalue weighted by molar-refractivity contribution is 7.14. The number of aromatic nitrogens is 1. The van der Waals surface area contributed by atoms with Crippen LogP contribution in [0.25, 0.3) is 22.4 Å². The van der Waals surface area contributed by atoms with Crippen molar-refractivity contribution in [2.75, 3.05) is 5.32 Å². The Morgan fingerprint density at radius 1 is 0.720 bits per heavy atom. The molecule has 0 aliphatic carbocycles. The monoisotopic (exact) mass is 346 g/mol. The van der Waals surface area contributed by atoms with E-state index in [1.807, 2.05) is 23.6 Å². The molecule has 0 aliphatic rings. The van der Waals surface area contributed by atoms with Crippen molar-refractivity contribution in [2.24, 2.45) is 0 Å². The molecule has 4 heteroatoms. The highest BCUT2D eigenvalue weighted by Crippen LogP contribution is 2.29. The van der Waals surface area contributed by atoms with Crippen molar-refractivity contribution in [1.29, 1.82) is 0 Å². The van der Waals surface area contributed by atoms with Crippen LogP contribution in [0.15, 0.2) is 84.2 Å². The quantitative estimate of drug-likeness (QED) is 0.465. The number of halogens is 1. The van der Waals surface area contributed by atoms with Crippen molar-refractivity contribution in [3.8, 4) is 22.4 Å². The molecule has 0 fully saturated rings. The normalized spacial score (nSPS) is 10.6. The van der Waals surface area contributed by atoms with Crippen LogP contribution < -0.4 is 5.32 Å². The van der Waals surface area contributed by atoms with Gasteiger partial charge >= 0.3 is 0 Å². The van der Waals surface area contributed by atoms with E-state index in [1.54, 1.807) is 12.1 Å². The molecular weight excluding hydrogens is 331 g/mol. The van der Waals surface area contributed by atoms with Crippen LogP contribution in [0, 0.1) is 5.82 Å². The Balaban J connectivity index is 1.52. The Morgan fingerprint density at radius 3 is 2.08 bits per heavy atom. The van der Waals surface area contributed by atoms with E-state index < -0.39 is 0 Å². The number of anilines is 2. The molecule has 1 aromatic heterocycles. The van der Waals surface area contributed by atoms with Gasteiger partial charge in [0.05, 0.1) is 5.69 Å². The number of hydrogen-bond donors (Lipinski definition) is 1. The van der Waals surface area contributed by atoms with Crippen LogP contribution in [-0.4, -0.2) is 4.98 Å². The summed E-state index contributed by atoms with van der Waals surface area (Å²) in [5.74, 6) is -0.246. The van der Waals surface area contributed by atoms with Gasteiger partial charge in [0.1, 0.15) is 5.82 Å². The summed E-state index contributed by atoms with van der Waals surface area (Å²) in [5.41, 5.74) is 5.20. The van der Waals surface area contributed by atoms with Crippen molar-refractivity contribution in [2.45, 2.75) is 0 Å². The van der Waals surface area contributed by atoms with Gasteiger partial charge in [0.25, 0.3) is 0 Å². The fourth-order valence-electron chi connectivity index (χ4n) is 2.58. The average Bonchev–Trinajstić information content (AvgIpc) is 3.13. The van der Waals surface area contributed by atoms with Crippen molar-refractivity contribution < 1.29 is 4.39 Å². The number of nitrogens with zero attached hydrogens (tertiary/aromatic N) is 1. The fourth-order valence-corrected chi connectivity index (χ4v) is 3.32. The molecule has 0 amide bonds. The van der Waals surface area contributed by atoms with Gasteiger partial charge < -0.3 is 5.32 Å². The van der Waals surface area contributed by atoms with Gasteiger partial charge in [-0.2, -0.15) is 0 Å². The lowest BCUT2D eigenvalue weighted by molar-refractivity contribution is 0.628. The molecule has 0 spiro atoms. The van der Waals surface area contributed by atoms with Crippen LogP contribution in [-0.2, 0) is 0 Å². The van der Waals surface area contributed by atoms with Crippen LogP contribution in [0.1, 0.15) is 0 Å². The van der Waals surface area contributed by atoms with Gasteiger partial charge in [-0.3, -0.25) is 0 Å². The van der Waals surface area contributed by atoms with E-state index in [1.165, 1.54) is 34.6 Å². The van der Waals surface area contributed by atoms with Crippen molar-refractivity contribution in [3.63, 3.8) is 0 Å². The molecule has 4 rings (SSSR count). The number of benzene rings is 3. The summed E-state index contributed by atoms with van der Waals surface area (Å²) in [7, 11) is 0. The van der Waals surface area contributed by atoms with E-state index in [0.717, 1.165) is 22.1 Å². The second-order valence-corrected chi connectivity index (χ2v) is 6.47. The van der Waals surface area contributed by atoms with Crippen molar-refractivity contribution >= 4 is 22.2 Å². The van der Waals surface area contributed by atoms with E-state index in [2.05, 4.69) is 46.7 Å². The maximum Gasteiger partial charge on any atom is 0.187 e. The van der Waals surface area contributed by atoms with E-state index in [-0.39, 0.29) is 5.82 Å². The minimum atomic E-state index is -0.246. The van der Waals surface area contributed by atoms with E-state index >= 15 is 0 Å². The summed E-state index contributed by atoms with van der Waals surface area (Å²) >= 11 is 1.53. The molecule has 2 nitrogen and oxygen atoms in total. The lowest BCUT2D eigenvalue weighted by Gasteiger charge is -2.03. The predicted octanol–water partition coefficient (Wildman–Crippen LogP) is 6.36. The molecule has 0 saturated carbocycles. The van der Waals surface area contributed by atoms with Crippen LogP contribution in [0.3, 0.4) is 0 Å². The summed E-state index contributed by atoms with van der Waals surface area (Å²) < 4.78 is 13.0. The minimum Gasteiger partial charge on any atom is -0.332 e. The smallest absolute Gasteiger partial charge is 0.187 e. The van der Waals surface area contributed by atoms with Crippen molar-refractivity contribution in [3.05, 3.63) is 90.1 Å². The van der Waals surface area contributed by atoms with Gasteiger partial charge in [-0.1, -0.05) is 54.6 Å². The van der Waals surface area contributed by atoms with E-state index in [9.17, 15) is 4.39 Å². The van der Waals surface area contributed by atoms with Gasteiger partial charge in [-0.05, 0) is 35.4 Å². The van der Waals surface area contributed by atoms with Gasteiger partial charge in [-0.15, -0.1) is 11.3 Å². The second-order valence-electron chi connectivity index (χ2n) is 5.61. The van der Waals surface area contributed by atoms with Crippen molar-refractivity contribution in [1.82, 2.24) is 4.98 Å². The number of hydrogen-bond acceptors (Lipinski definition) is 3. The van der Waals surface area contributed by atoms with Crippen LogP contribution in [0.5, 0.6) is 0 Å². The Morgan fingerprint density at radius 2 is 1.36 bits per heavy atom. The molecule has 1 N–H and O–H groups in total. The molecule has 0 unspecified atom stereocenters. The third-order valence-electron chi connectivity index (χ3n) is 3.89. The first-order valence-corrected chi connectivity index (χ1v) is 8.80. The summed E-state index contributed by atoms with van der Waals surface area (Å²) in [5, 5.41) is 6.00. The Labute approximate surface area is 149 Å². The maximum atomic E-state index is 13.0. The molecule has 0 radical (unpaired) electrons. The average molecular weight is 346 g/mol. The zero-order chi connectivity index (χ0) is 17.1. The molecule has 0 aliphatic heterocycles. The number of thiazole rings is 1. The largest absolute Gasteiger partial charge is 0.332 e. The second kappa shape index (κ2) is 6.87. The predicted molar refractivity (Wildman–Crippen MR) is 103 cm³/mol. The Hall–Kier alpha value is -2.98. The van der Waals surface area contributed by atoms with Crippen LogP contribution >= 0.6 is 11.3 Å². The molecule has 0 bridgehead atoms. The Bertz CT molecular complexity index is 961. The highest BCUT2D eigenvalue weighted by atomic mass is 32.1. The Kier molecular flexibility index (Phi) is 4.27. The SMILES string of the molecule is Fc1ccc(Nc2nc(-c3ccc(-c4ccccc4)cc3)cs2)cc1. The summed E-state index contributed by atoms with van der Waals surface area (Å²) in [6.45, 7) is 0. The first-order chi connectivity index (χ1) is 12.3. The molecule has 0 saturated heterocycles. The van der Waals surface area contributed by atoms with Gasteiger partial charge in [0.15, 0.2) is 5.13 Å². The highest BCUT2D eigenvalue weighted by Gasteiger charge is 2.06. The number of nitrogens with one attached hydrogen (secondary N) is 1. The zero-order valence-corrected chi connectivity index (χ0v) is 14.1. The first-order valence-electron chi connectivity index (χ1n) is 7.92. The summed E-state index contributed by atoms with van der Waals surface area (Å²) in [6, 6.07) is 24.9. The minimum absolute atomic E-state index is 0.246. The molecular formula is C21H15FN2S. The third-order valence-corrected chi connectivity index (χ3v) is 4.65. The van der Waals surface area contributed by atoms with Gasteiger partial charge in [-0.25, -0.2) is 9.37 Å². The molecule has 1 heterocycles. The fraction of sp³-hybridized carbons (Fsp3) is 0. The van der Waals surface area contributed by atoms with Gasteiger partial charge in [0, 0.05) is 16.6 Å². The maximum absolute atomic E-state index is 13.0. The molecule has 4 aromatic rings. The lowest BCUT2D eigenvalue weighted by Crippen LogP contribution is -1.89. The lowest BCUT2D eigenvalue weighted by atomic mass is 10.0. The zero-order valence-electron chi connectivity index (χ0n) is 13.3. The van der Waals surface area contributed by atoms with Gasteiger partial charge in [0.2, 0.25) is 0 Å².